The average Bonchev–Trinajstić information content (AvgIpc) is 3.10. The number of nitrogens with one attached hydrogen (secondary N) is 1. The van der Waals surface area contributed by atoms with Crippen molar-refractivity contribution in [3.8, 4) is 0 Å². The van der Waals surface area contributed by atoms with Crippen molar-refractivity contribution in [2.45, 2.75) is 48.8 Å². The molecule has 2 aliphatic rings. The van der Waals surface area contributed by atoms with Crippen LogP contribution in [0.2, 0.25) is 0 Å². The molecule has 2 bridgehead atoms. The van der Waals surface area contributed by atoms with E-state index in [1.165, 1.54) is 31.0 Å². The molecule has 0 heterocycles. The average molecular weight is 319 g/mol. The van der Waals surface area contributed by atoms with E-state index < -0.39 is 11.2 Å². The summed E-state index contributed by atoms with van der Waals surface area (Å²) >= 11 is 1.22. The molecule has 0 aliphatic heterocycles. The van der Waals surface area contributed by atoms with E-state index in [4.69, 9.17) is 5.11 Å². The minimum atomic E-state index is -0.867. The molecule has 2 fully saturated rings. The van der Waals surface area contributed by atoms with Crippen molar-refractivity contribution >= 4 is 23.6 Å². The predicted octanol–water partition coefficient (Wildman–Crippen LogP) is 3.17. The molecule has 5 heteroatoms. The van der Waals surface area contributed by atoms with Crippen LogP contribution in [0.5, 0.6) is 0 Å². The van der Waals surface area contributed by atoms with Gasteiger partial charge in [0.1, 0.15) is 5.25 Å². The fraction of sp³-hybridized carbons (Fsp3) is 0.529. The molecule has 3 rings (SSSR count). The monoisotopic (exact) mass is 319 g/mol. The second-order valence-electron chi connectivity index (χ2n) is 6.35. The molecule has 1 amide bonds. The number of hydrogen-bond acceptors (Lipinski definition) is 3. The minimum Gasteiger partial charge on any atom is -0.480 e. The van der Waals surface area contributed by atoms with Crippen LogP contribution in [0.3, 0.4) is 0 Å². The molecular formula is C17H21NO3S. The first-order valence-corrected chi connectivity index (χ1v) is 8.72. The number of carboxylic acids is 1. The Morgan fingerprint density at radius 2 is 2.05 bits per heavy atom. The smallest absolute Gasteiger partial charge is 0.316 e. The first-order valence-electron chi connectivity index (χ1n) is 7.84. The highest BCUT2D eigenvalue weighted by Gasteiger charge is 2.40. The number of rotatable bonds is 5. The van der Waals surface area contributed by atoms with E-state index in [-0.39, 0.29) is 5.91 Å². The van der Waals surface area contributed by atoms with Crippen molar-refractivity contribution in [3.63, 3.8) is 0 Å². The molecule has 0 radical (unpaired) electrons. The summed E-state index contributed by atoms with van der Waals surface area (Å²) in [6, 6.07) is 7.55. The van der Waals surface area contributed by atoms with E-state index in [0.717, 1.165) is 17.2 Å². The highest BCUT2D eigenvalue weighted by atomic mass is 32.2. The van der Waals surface area contributed by atoms with Gasteiger partial charge >= 0.3 is 5.97 Å². The predicted molar refractivity (Wildman–Crippen MR) is 86.1 cm³/mol. The summed E-state index contributed by atoms with van der Waals surface area (Å²) < 4.78 is 0. The van der Waals surface area contributed by atoms with E-state index in [9.17, 15) is 9.59 Å². The van der Waals surface area contributed by atoms with Crippen molar-refractivity contribution in [1.29, 1.82) is 0 Å². The zero-order chi connectivity index (χ0) is 15.7. The molecule has 1 aromatic rings. The maximum Gasteiger partial charge on any atom is 0.316 e. The van der Waals surface area contributed by atoms with Crippen molar-refractivity contribution < 1.29 is 14.7 Å². The lowest BCUT2D eigenvalue weighted by atomic mass is 9.95. The Hall–Kier alpha value is -1.49. The summed E-state index contributed by atoms with van der Waals surface area (Å²) in [5.41, 5.74) is 0.586. The van der Waals surface area contributed by atoms with E-state index in [2.05, 4.69) is 5.32 Å². The number of aliphatic carboxylic acids is 1. The Morgan fingerprint density at radius 3 is 2.68 bits per heavy atom. The van der Waals surface area contributed by atoms with Crippen LogP contribution < -0.4 is 5.32 Å². The fourth-order valence-corrected chi connectivity index (χ4v) is 4.59. The normalized spacial score (nSPS) is 27.6. The molecular weight excluding hydrogens is 298 g/mol. The lowest BCUT2D eigenvalue weighted by molar-refractivity contribution is -0.136. The number of carbonyl (C=O) groups is 2. The molecule has 1 aromatic carbocycles. The molecule has 0 saturated heterocycles. The SMILES string of the molecule is CC(Sc1ccccc1C(=O)NC1CC2CCC1C2)C(=O)O. The van der Waals surface area contributed by atoms with E-state index in [0.29, 0.717) is 17.5 Å². The highest BCUT2D eigenvalue weighted by molar-refractivity contribution is 8.00. The second-order valence-corrected chi connectivity index (χ2v) is 7.73. The van der Waals surface area contributed by atoms with Crippen LogP contribution in [-0.2, 0) is 4.79 Å². The van der Waals surface area contributed by atoms with Crippen LogP contribution in [0, 0.1) is 11.8 Å². The van der Waals surface area contributed by atoms with E-state index in [1.54, 1.807) is 13.0 Å². The van der Waals surface area contributed by atoms with Gasteiger partial charge in [-0.3, -0.25) is 9.59 Å². The summed E-state index contributed by atoms with van der Waals surface area (Å²) in [5.74, 6) is 0.477. The number of hydrogen-bond donors (Lipinski definition) is 2. The van der Waals surface area contributed by atoms with Crippen LogP contribution in [0.4, 0.5) is 0 Å². The Kier molecular flexibility index (Phi) is 4.43. The van der Waals surface area contributed by atoms with E-state index in [1.807, 2.05) is 18.2 Å². The van der Waals surface area contributed by atoms with Gasteiger partial charge in [-0.1, -0.05) is 18.6 Å². The summed E-state index contributed by atoms with van der Waals surface area (Å²) in [6.07, 6.45) is 4.87. The quantitative estimate of drug-likeness (QED) is 0.818. The molecule has 0 aromatic heterocycles. The first kappa shape index (κ1) is 15.4. The molecule has 4 unspecified atom stereocenters. The number of carbonyl (C=O) groups excluding carboxylic acids is 1. The first-order chi connectivity index (χ1) is 10.5. The summed E-state index contributed by atoms with van der Waals surface area (Å²) in [5, 5.41) is 11.6. The summed E-state index contributed by atoms with van der Waals surface area (Å²) in [4.78, 5) is 24.3. The van der Waals surface area contributed by atoms with Gasteiger partial charge in [-0.05, 0) is 50.2 Å². The van der Waals surface area contributed by atoms with Gasteiger partial charge in [0.05, 0.1) is 5.56 Å². The lowest BCUT2D eigenvalue weighted by Gasteiger charge is -2.23. The maximum absolute atomic E-state index is 12.6. The van der Waals surface area contributed by atoms with Gasteiger partial charge in [0.15, 0.2) is 0 Å². The van der Waals surface area contributed by atoms with Crippen LogP contribution >= 0.6 is 11.8 Å². The molecule has 2 saturated carbocycles. The van der Waals surface area contributed by atoms with E-state index >= 15 is 0 Å². The van der Waals surface area contributed by atoms with Crippen LogP contribution in [0.1, 0.15) is 43.0 Å². The Morgan fingerprint density at radius 1 is 1.27 bits per heavy atom. The number of thioether (sulfide) groups is 1. The largest absolute Gasteiger partial charge is 0.480 e. The number of amides is 1. The van der Waals surface area contributed by atoms with Gasteiger partial charge in [-0.2, -0.15) is 0 Å². The van der Waals surface area contributed by atoms with Gasteiger partial charge in [0.2, 0.25) is 0 Å². The van der Waals surface area contributed by atoms with Crippen molar-refractivity contribution in [2.75, 3.05) is 0 Å². The molecule has 2 aliphatic carbocycles. The number of fused-ring (bicyclic) bond motifs is 2. The number of carboxylic acid groups (broad SMARTS) is 1. The van der Waals surface area contributed by atoms with Gasteiger partial charge in [-0.15, -0.1) is 11.8 Å². The minimum absolute atomic E-state index is 0.0711. The maximum atomic E-state index is 12.6. The standard InChI is InChI=1S/C17H21NO3S/c1-10(17(20)21)22-15-5-3-2-4-13(15)16(19)18-14-9-11-6-7-12(14)8-11/h2-5,10-12,14H,6-9H2,1H3,(H,18,19)(H,20,21). The van der Waals surface area contributed by atoms with Crippen LogP contribution in [0.15, 0.2) is 29.2 Å². The third kappa shape index (κ3) is 3.14. The zero-order valence-corrected chi connectivity index (χ0v) is 13.4. The van der Waals surface area contributed by atoms with Crippen molar-refractivity contribution in [1.82, 2.24) is 5.32 Å². The van der Waals surface area contributed by atoms with Crippen LogP contribution in [0.25, 0.3) is 0 Å². The van der Waals surface area contributed by atoms with Gasteiger partial charge in [0, 0.05) is 10.9 Å². The second kappa shape index (κ2) is 6.32. The third-order valence-electron chi connectivity index (χ3n) is 4.84. The fourth-order valence-electron chi connectivity index (χ4n) is 3.67. The Balaban J connectivity index is 1.71. The Bertz CT molecular complexity index is 589. The number of benzene rings is 1. The van der Waals surface area contributed by atoms with Crippen LogP contribution in [-0.4, -0.2) is 28.3 Å². The highest BCUT2D eigenvalue weighted by Crippen LogP contribution is 2.44. The lowest BCUT2D eigenvalue weighted by Crippen LogP contribution is -2.38. The Labute approximate surface area is 134 Å². The van der Waals surface area contributed by atoms with Gasteiger partial charge in [0.25, 0.3) is 5.91 Å². The molecule has 118 valence electrons. The molecule has 0 spiro atoms. The molecule has 4 atom stereocenters. The molecule has 4 nitrogen and oxygen atoms in total. The third-order valence-corrected chi connectivity index (χ3v) is 6.00. The zero-order valence-electron chi connectivity index (χ0n) is 12.6. The topological polar surface area (TPSA) is 66.4 Å². The van der Waals surface area contributed by atoms with Gasteiger partial charge < -0.3 is 10.4 Å². The van der Waals surface area contributed by atoms with Gasteiger partial charge in [-0.25, -0.2) is 0 Å². The van der Waals surface area contributed by atoms with Crippen molar-refractivity contribution in [2.24, 2.45) is 11.8 Å². The summed E-state index contributed by atoms with van der Waals surface area (Å²) in [6.45, 7) is 1.64. The molecule has 2 N–H and O–H groups in total. The van der Waals surface area contributed by atoms with Crippen molar-refractivity contribution in [3.05, 3.63) is 29.8 Å². The summed E-state index contributed by atoms with van der Waals surface area (Å²) in [7, 11) is 0. The molecule has 22 heavy (non-hydrogen) atoms.